The molecule has 2 heterocycles. The summed E-state index contributed by atoms with van der Waals surface area (Å²) in [7, 11) is 0. The molecule has 0 bridgehead atoms. The zero-order valence-electron chi connectivity index (χ0n) is 13.7. The summed E-state index contributed by atoms with van der Waals surface area (Å²) in [5, 5.41) is 2.86. The highest BCUT2D eigenvalue weighted by Gasteiger charge is 2.08. The topological polar surface area (TPSA) is 64.9 Å². The van der Waals surface area contributed by atoms with Crippen molar-refractivity contribution in [2.45, 2.75) is 13.8 Å². The van der Waals surface area contributed by atoms with Crippen LogP contribution < -0.4 is 14.8 Å². The summed E-state index contributed by atoms with van der Waals surface area (Å²) >= 11 is 0. The molecule has 0 saturated heterocycles. The lowest BCUT2D eigenvalue weighted by Gasteiger charge is -2.11. The smallest absolute Gasteiger partial charge is 0.262 e. The minimum absolute atomic E-state index is 0.0601. The first-order valence-corrected chi connectivity index (χ1v) is 7.75. The minimum atomic E-state index is -0.216. The number of amides is 1. The van der Waals surface area contributed by atoms with Crippen LogP contribution in [0.2, 0.25) is 0 Å². The molecule has 0 saturated carbocycles. The van der Waals surface area contributed by atoms with Crippen molar-refractivity contribution in [3.8, 4) is 11.5 Å². The van der Waals surface area contributed by atoms with Crippen molar-refractivity contribution in [2.75, 3.05) is 18.5 Å². The standard InChI is InChI=1S/C18H19N3O3/c1-3-23-14-4-6-15(7-5-14)24-12-18(22)20-16-8-9-17-19-10-11-21(17)13(16)2/h4-11H,3,12H2,1-2H3,(H,20,22). The number of hydrogen-bond acceptors (Lipinski definition) is 4. The van der Waals surface area contributed by atoms with Crippen molar-refractivity contribution < 1.29 is 14.3 Å². The van der Waals surface area contributed by atoms with Crippen molar-refractivity contribution in [3.63, 3.8) is 0 Å². The molecule has 3 aromatic rings. The van der Waals surface area contributed by atoms with Gasteiger partial charge in [0.1, 0.15) is 17.1 Å². The molecule has 0 aliphatic heterocycles. The van der Waals surface area contributed by atoms with E-state index in [2.05, 4.69) is 10.3 Å². The Morgan fingerprint density at radius 3 is 2.54 bits per heavy atom. The van der Waals surface area contributed by atoms with Gasteiger partial charge in [-0.25, -0.2) is 4.98 Å². The number of aromatic nitrogens is 2. The van der Waals surface area contributed by atoms with E-state index in [9.17, 15) is 4.79 Å². The average Bonchev–Trinajstić information content (AvgIpc) is 3.07. The molecule has 0 spiro atoms. The highest BCUT2D eigenvalue weighted by Crippen LogP contribution is 2.18. The Morgan fingerprint density at radius 1 is 1.12 bits per heavy atom. The Hall–Kier alpha value is -3.02. The normalized spacial score (nSPS) is 10.6. The number of carbonyl (C=O) groups excluding carboxylic acids is 1. The summed E-state index contributed by atoms with van der Waals surface area (Å²) in [5.74, 6) is 1.18. The third kappa shape index (κ3) is 3.48. The molecule has 0 aliphatic carbocycles. The quantitative estimate of drug-likeness (QED) is 0.756. The molecule has 0 atom stereocenters. The van der Waals surface area contributed by atoms with Gasteiger partial charge in [-0.2, -0.15) is 0 Å². The van der Waals surface area contributed by atoms with Gasteiger partial charge in [0.05, 0.1) is 12.3 Å². The molecule has 2 aromatic heterocycles. The lowest BCUT2D eigenvalue weighted by atomic mass is 10.3. The molecule has 1 N–H and O–H groups in total. The van der Waals surface area contributed by atoms with E-state index in [-0.39, 0.29) is 12.5 Å². The van der Waals surface area contributed by atoms with Crippen LogP contribution in [0.15, 0.2) is 48.8 Å². The predicted molar refractivity (Wildman–Crippen MR) is 91.7 cm³/mol. The van der Waals surface area contributed by atoms with Gasteiger partial charge in [0, 0.05) is 18.1 Å². The molecule has 1 aromatic carbocycles. The number of fused-ring (bicyclic) bond motifs is 1. The van der Waals surface area contributed by atoms with Gasteiger partial charge >= 0.3 is 0 Å². The fourth-order valence-electron chi connectivity index (χ4n) is 2.40. The Bertz CT molecular complexity index is 840. The number of aryl methyl sites for hydroxylation is 1. The highest BCUT2D eigenvalue weighted by molar-refractivity contribution is 5.92. The van der Waals surface area contributed by atoms with Gasteiger partial charge in [-0.05, 0) is 50.2 Å². The first-order chi connectivity index (χ1) is 11.7. The molecule has 6 heteroatoms. The summed E-state index contributed by atoms with van der Waals surface area (Å²) < 4.78 is 12.8. The Morgan fingerprint density at radius 2 is 1.83 bits per heavy atom. The second-order valence-corrected chi connectivity index (χ2v) is 5.23. The van der Waals surface area contributed by atoms with E-state index in [1.165, 1.54) is 0 Å². The van der Waals surface area contributed by atoms with Crippen LogP contribution >= 0.6 is 0 Å². The van der Waals surface area contributed by atoms with Crippen LogP contribution in [0.4, 0.5) is 5.69 Å². The third-order valence-electron chi connectivity index (χ3n) is 3.60. The fourth-order valence-corrected chi connectivity index (χ4v) is 2.40. The van der Waals surface area contributed by atoms with Gasteiger partial charge in [0.15, 0.2) is 6.61 Å². The first kappa shape index (κ1) is 15.9. The maximum Gasteiger partial charge on any atom is 0.262 e. The second-order valence-electron chi connectivity index (χ2n) is 5.23. The molecule has 1 amide bonds. The van der Waals surface area contributed by atoms with Crippen molar-refractivity contribution in [2.24, 2.45) is 0 Å². The van der Waals surface area contributed by atoms with E-state index in [0.717, 1.165) is 22.8 Å². The Labute approximate surface area is 140 Å². The van der Waals surface area contributed by atoms with E-state index in [0.29, 0.717) is 12.4 Å². The fraction of sp³-hybridized carbons (Fsp3) is 0.222. The van der Waals surface area contributed by atoms with Gasteiger partial charge in [0.2, 0.25) is 0 Å². The molecule has 3 rings (SSSR count). The van der Waals surface area contributed by atoms with Crippen molar-refractivity contribution >= 4 is 17.2 Å². The van der Waals surface area contributed by atoms with Gasteiger partial charge < -0.3 is 19.2 Å². The second kappa shape index (κ2) is 7.04. The maximum absolute atomic E-state index is 12.1. The summed E-state index contributed by atoms with van der Waals surface area (Å²) in [4.78, 5) is 16.3. The monoisotopic (exact) mass is 325 g/mol. The Balaban J connectivity index is 1.59. The molecule has 0 aliphatic rings. The summed E-state index contributed by atoms with van der Waals surface area (Å²) in [5.41, 5.74) is 2.50. The van der Waals surface area contributed by atoms with Crippen molar-refractivity contribution in [1.29, 1.82) is 0 Å². The van der Waals surface area contributed by atoms with Gasteiger partial charge in [-0.1, -0.05) is 0 Å². The van der Waals surface area contributed by atoms with Crippen molar-refractivity contribution in [3.05, 3.63) is 54.5 Å². The summed E-state index contributed by atoms with van der Waals surface area (Å²) in [6.45, 7) is 4.41. The largest absolute Gasteiger partial charge is 0.494 e. The van der Waals surface area contributed by atoms with Crippen LogP contribution in [0.25, 0.3) is 5.65 Å². The highest BCUT2D eigenvalue weighted by atomic mass is 16.5. The third-order valence-corrected chi connectivity index (χ3v) is 3.60. The van der Waals surface area contributed by atoms with Crippen LogP contribution in [0, 0.1) is 6.92 Å². The lowest BCUT2D eigenvalue weighted by Crippen LogP contribution is -2.21. The number of ether oxygens (including phenoxy) is 2. The van der Waals surface area contributed by atoms with E-state index in [1.54, 1.807) is 18.3 Å². The van der Waals surface area contributed by atoms with Crippen molar-refractivity contribution in [1.82, 2.24) is 9.38 Å². The van der Waals surface area contributed by atoms with E-state index in [1.807, 2.05) is 48.7 Å². The lowest BCUT2D eigenvalue weighted by molar-refractivity contribution is -0.118. The first-order valence-electron chi connectivity index (χ1n) is 7.75. The number of pyridine rings is 1. The average molecular weight is 325 g/mol. The van der Waals surface area contributed by atoms with E-state index < -0.39 is 0 Å². The Kier molecular flexibility index (Phi) is 4.65. The van der Waals surface area contributed by atoms with Crippen LogP contribution in [0.5, 0.6) is 11.5 Å². The molecule has 0 unspecified atom stereocenters. The zero-order valence-corrected chi connectivity index (χ0v) is 13.7. The van der Waals surface area contributed by atoms with Crippen LogP contribution in [0.3, 0.4) is 0 Å². The van der Waals surface area contributed by atoms with Gasteiger partial charge in [-0.15, -0.1) is 0 Å². The number of anilines is 1. The van der Waals surface area contributed by atoms with Crippen LogP contribution in [0.1, 0.15) is 12.6 Å². The number of benzene rings is 1. The minimum Gasteiger partial charge on any atom is -0.494 e. The molecular formula is C18H19N3O3. The van der Waals surface area contributed by atoms with Gasteiger partial charge in [0.25, 0.3) is 5.91 Å². The van der Waals surface area contributed by atoms with Gasteiger partial charge in [-0.3, -0.25) is 4.79 Å². The zero-order chi connectivity index (χ0) is 16.9. The van der Waals surface area contributed by atoms with Crippen LogP contribution in [-0.2, 0) is 4.79 Å². The number of imidazole rings is 1. The molecular weight excluding hydrogens is 306 g/mol. The van der Waals surface area contributed by atoms with Crippen LogP contribution in [-0.4, -0.2) is 28.5 Å². The molecule has 0 fully saturated rings. The molecule has 124 valence electrons. The molecule has 6 nitrogen and oxygen atoms in total. The number of nitrogens with zero attached hydrogens (tertiary/aromatic N) is 2. The number of carbonyl (C=O) groups is 1. The summed E-state index contributed by atoms with van der Waals surface area (Å²) in [6.07, 6.45) is 3.58. The molecule has 0 radical (unpaired) electrons. The van der Waals surface area contributed by atoms with E-state index in [4.69, 9.17) is 9.47 Å². The molecule has 24 heavy (non-hydrogen) atoms. The van der Waals surface area contributed by atoms with E-state index >= 15 is 0 Å². The number of rotatable bonds is 6. The predicted octanol–water partition coefficient (Wildman–Crippen LogP) is 3.06. The maximum atomic E-state index is 12.1. The number of nitrogens with one attached hydrogen (secondary N) is 1. The summed E-state index contributed by atoms with van der Waals surface area (Å²) in [6, 6.07) is 10.9. The SMILES string of the molecule is CCOc1ccc(OCC(=O)Nc2ccc3nccn3c2C)cc1. The number of hydrogen-bond donors (Lipinski definition) is 1.